The van der Waals surface area contributed by atoms with Gasteiger partial charge in [0.25, 0.3) is 0 Å². The van der Waals surface area contributed by atoms with Gasteiger partial charge < -0.3 is 4.57 Å². The molecule has 0 N–H and O–H groups in total. The van der Waals surface area contributed by atoms with Crippen molar-refractivity contribution < 1.29 is 0 Å². The molecule has 0 radical (unpaired) electrons. The number of hydrogen-bond acceptors (Lipinski definition) is 2. The molecule has 1 aromatic heterocycles. The van der Waals surface area contributed by atoms with E-state index < -0.39 is 0 Å². The Morgan fingerprint density at radius 1 is 1.33 bits per heavy atom. The molecule has 2 aromatic rings. The summed E-state index contributed by atoms with van der Waals surface area (Å²) in [6.45, 7) is 2.82. The van der Waals surface area contributed by atoms with E-state index in [2.05, 4.69) is 10.2 Å². The number of benzene rings is 1. The van der Waals surface area contributed by atoms with Crippen molar-refractivity contribution in [2.45, 2.75) is 13.5 Å². The highest BCUT2D eigenvalue weighted by Crippen LogP contribution is 2.28. The SMILES string of the molecule is CCn1cnnc1-c1cc(Cl)ccc1Cl. The van der Waals surface area contributed by atoms with Crippen LogP contribution in [0.25, 0.3) is 11.4 Å². The molecule has 0 saturated carbocycles. The topological polar surface area (TPSA) is 30.7 Å². The summed E-state index contributed by atoms with van der Waals surface area (Å²) in [7, 11) is 0. The molecule has 0 spiro atoms. The normalized spacial score (nSPS) is 10.6. The van der Waals surface area contributed by atoms with Crippen molar-refractivity contribution >= 4 is 23.2 Å². The minimum Gasteiger partial charge on any atom is -0.314 e. The van der Waals surface area contributed by atoms with Gasteiger partial charge in [0.1, 0.15) is 6.33 Å². The summed E-state index contributed by atoms with van der Waals surface area (Å²) in [6.07, 6.45) is 1.67. The molecule has 78 valence electrons. The molecule has 5 heteroatoms. The molecule has 0 atom stereocenters. The molecule has 1 aromatic carbocycles. The van der Waals surface area contributed by atoms with Crippen molar-refractivity contribution in [3.05, 3.63) is 34.6 Å². The van der Waals surface area contributed by atoms with Gasteiger partial charge in [0.05, 0.1) is 5.02 Å². The molecule has 15 heavy (non-hydrogen) atoms. The molecular formula is C10H9Cl2N3. The summed E-state index contributed by atoms with van der Waals surface area (Å²) in [4.78, 5) is 0. The van der Waals surface area contributed by atoms with Gasteiger partial charge >= 0.3 is 0 Å². The first-order valence-corrected chi connectivity index (χ1v) is 5.31. The standard InChI is InChI=1S/C10H9Cl2N3/c1-2-15-6-13-14-10(15)8-5-7(11)3-4-9(8)12/h3-6H,2H2,1H3. The van der Waals surface area contributed by atoms with Gasteiger partial charge in [0.15, 0.2) is 5.82 Å². The van der Waals surface area contributed by atoms with Crippen LogP contribution in [0.15, 0.2) is 24.5 Å². The fourth-order valence-corrected chi connectivity index (χ4v) is 1.74. The third kappa shape index (κ3) is 1.98. The number of nitrogens with zero attached hydrogens (tertiary/aromatic N) is 3. The second-order valence-corrected chi connectivity index (χ2v) is 3.91. The van der Waals surface area contributed by atoms with Crippen LogP contribution in [-0.4, -0.2) is 14.8 Å². The van der Waals surface area contributed by atoms with Gasteiger partial charge in [0.2, 0.25) is 0 Å². The molecule has 0 bridgehead atoms. The van der Waals surface area contributed by atoms with E-state index in [1.54, 1.807) is 24.5 Å². The minimum atomic E-state index is 0.627. The maximum Gasteiger partial charge on any atom is 0.165 e. The van der Waals surface area contributed by atoms with Crippen molar-refractivity contribution in [1.29, 1.82) is 0 Å². The highest BCUT2D eigenvalue weighted by Gasteiger charge is 2.10. The predicted octanol–water partition coefficient (Wildman–Crippen LogP) is 3.27. The zero-order chi connectivity index (χ0) is 10.8. The van der Waals surface area contributed by atoms with Crippen LogP contribution in [-0.2, 0) is 6.54 Å². The van der Waals surface area contributed by atoms with Crippen molar-refractivity contribution in [3.8, 4) is 11.4 Å². The Kier molecular flexibility index (Phi) is 2.93. The second-order valence-electron chi connectivity index (χ2n) is 3.06. The summed E-state index contributed by atoms with van der Waals surface area (Å²) in [5, 5.41) is 9.15. The minimum absolute atomic E-state index is 0.627. The Morgan fingerprint density at radius 2 is 2.13 bits per heavy atom. The number of hydrogen-bond donors (Lipinski definition) is 0. The van der Waals surface area contributed by atoms with Gasteiger partial charge in [-0.15, -0.1) is 10.2 Å². The lowest BCUT2D eigenvalue weighted by Crippen LogP contribution is -1.96. The largest absolute Gasteiger partial charge is 0.314 e. The molecule has 0 saturated heterocycles. The average Bonchev–Trinajstić information content (AvgIpc) is 2.69. The van der Waals surface area contributed by atoms with Crippen LogP contribution >= 0.6 is 23.2 Å². The first-order chi connectivity index (χ1) is 7.22. The van der Waals surface area contributed by atoms with Crippen LogP contribution in [0.4, 0.5) is 0 Å². The molecule has 0 aliphatic carbocycles. The Labute approximate surface area is 97.7 Å². The van der Waals surface area contributed by atoms with Crippen LogP contribution in [0, 0.1) is 0 Å². The maximum absolute atomic E-state index is 6.08. The van der Waals surface area contributed by atoms with Gasteiger partial charge in [-0.05, 0) is 25.1 Å². The molecule has 0 aliphatic heterocycles. The quantitative estimate of drug-likeness (QED) is 0.809. The molecule has 2 rings (SSSR count). The van der Waals surface area contributed by atoms with Crippen molar-refractivity contribution in [2.24, 2.45) is 0 Å². The zero-order valence-corrected chi connectivity index (χ0v) is 9.63. The first kappa shape index (κ1) is 10.5. The fourth-order valence-electron chi connectivity index (χ4n) is 1.36. The average molecular weight is 242 g/mol. The Morgan fingerprint density at radius 3 is 2.87 bits per heavy atom. The van der Waals surface area contributed by atoms with E-state index >= 15 is 0 Å². The molecular weight excluding hydrogens is 233 g/mol. The van der Waals surface area contributed by atoms with Crippen LogP contribution in [0.3, 0.4) is 0 Å². The number of halogens is 2. The van der Waals surface area contributed by atoms with Gasteiger partial charge in [-0.3, -0.25) is 0 Å². The molecule has 0 fully saturated rings. The van der Waals surface area contributed by atoms with Gasteiger partial charge in [-0.2, -0.15) is 0 Å². The monoisotopic (exact) mass is 241 g/mol. The smallest absolute Gasteiger partial charge is 0.165 e. The highest BCUT2D eigenvalue weighted by atomic mass is 35.5. The molecule has 0 aliphatic rings. The first-order valence-electron chi connectivity index (χ1n) is 4.55. The van der Waals surface area contributed by atoms with E-state index in [1.807, 2.05) is 11.5 Å². The van der Waals surface area contributed by atoms with Crippen LogP contribution < -0.4 is 0 Å². The summed E-state index contributed by atoms with van der Waals surface area (Å²) in [6, 6.07) is 5.30. The lowest BCUT2D eigenvalue weighted by molar-refractivity contribution is 0.767. The van der Waals surface area contributed by atoms with Crippen molar-refractivity contribution in [3.63, 3.8) is 0 Å². The van der Waals surface area contributed by atoms with Gasteiger partial charge in [0, 0.05) is 17.1 Å². The third-order valence-electron chi connectivity index (χ3n) is 2.13. The van der Waals surface area contributed by atoms with E-state index in [0.717, 1.165) is 17.9 Å². The van der Waals surface area contributed by atoms with Crippen LogP contribution in [0.2, 0.25) is 10.0 Å². The zero-order valence-electron chi connectivity index (χ0n) is 8.11. The van der Waals surface area contributed by atoms with Crippen molar-refractivity contribution in [1.82, 2.24) is 14.8 Å². The van der Waals surface area contributed by atoms with Crippen LogP contribution in [0.5, 0.6) is 0 Å². The Balaban J connectivity index is 2.58. The van der Waals surface area contributed by atoms with E-state index in [9.17, 15) is 0 Å². The highest BCUT2D eigenvalue weighted by molar-refractivity contribution is 6.35. The molecule has 0 amide bonds. The maximum atomic E-state index is 6.08. The number of aryl methyl sites for hydroxylation is 1. The van der Waals surface area contributed by atoms with Gasteiger partial charge in [-0.25, -0.2) is 0 Å². The summed E-state index contributed by atoms with van der Waals surface area (Å²) in [5.74, 6) is 0.741. The molecule has 0 unspecified atom stereocenters. The second kappa shape index (κ2) is 4.21. The van der Waals surface area contributed by atoms with Crippen molar-refractivity contribution in [2.75, 3.05) is 0 Å². The molecule has 3 nitrogen and oxygen atoms in total. The van der Waals surface area contributed by atoms with E-state index in [1.165, 1.54) is 0 Å². The van der Waals surface area contributed by atoms with Crippen LogP contribution in [0.1, 0.15) is 6.92 Å². The van der Waals surface area contributed by atoms with E-state index in [-0.39, 0.29) is 0 Å². The number of aromatic nitrogens is 3. The summed E-state index contributed by atoms with van der Waals surface area (Å²) in [5.41, 5.74) is 0.809. The molecule has 1 heterocycles. The Hall–Kier alpha value is -1.06. The summed E-state index contributed by atoms with van der Waals surface area (Å²) >= 11 is 12.0. The summed E-state index contributed by atoms with van der Waals surface area (Å²) < 4.78 is 1.91. The van der Waals surface area contributed by atoms with Gasteiger partial charge in [-0.1, -0.05) is 23.2 Å². The lowest BCUT2D eigenvalue weighted by atomic mass is 10.2. The van der Waals surface area contributed by atoms with E-state index in [4.69, 9.17) is 23.2 Å². The lowest BCUT2D eigenvalue weighted by Gasteiger charge is -2.05. The van der Waals surface area contributed by atoms with E-state index in [0.29, 0.717) is 10.0 Å². The fraction of sp³-hybridized carbons (Fsp3) is 0.200. The Bertz CT molecular complexity index is 479. The number of rotatable bonds is 2. The predicted molar refractivity (Wildman–Crippen MR) is 61.2 cm³/mol. The third-order valence-corrected chi connectivity index (χ3v) is 2.69.